The van der Waals surface area contributed by atoms with Crippen LogP contribution in [0.25, 0.3) is 6.08 Å². The first-order chi connectivity index (χ1) is 18.4. The van der Waals surface area contributed by atoms with Crippen LogP contribution in [0.2, 0.25) is 5.02 Å². The molecule has 3 rings (SSSR count). The second-order valence-electron chi connectivity index (χ2n) is 9.74. The van der Waals surface area contributed by atoms with Crippen LogP contribution in [0.5, 0.6) is 0 Å². The van der Waals surface area contributed by atoms with E-state index in [1.807, 2.05) is 77.8 Å². The van der Waals surface area contributed by atoms with E-state index in [4.69, 9.17) is 16.3 Å². The number of aromatic nitrogens is 1. The van der Waals surface area contributed by atoms with Gasteiger partial charge in [-0.25, -0.2) is 0 Å². The minimum Gasteiger partial charge on any atom is -0.385 e. The van der Waals surface area contributed by atoms with E-state index < -0.39 is 0 Å². The van der Waals surface area contributed by atoms with Gasteiger partial charge in [0, 0.05) is 56.3 Å². The zero-order valence-corrected chi connectivity index (χ0v) is 23.3. The first kappa shape index (κ1) is 29.2. The molecule has 0 fully saturated rings. The average molecular weight is 536 g/mol. The molecule has 6 nitrogen and oxygen atoms in total. The Morgan fingerprint density at radius 3 is 2.45 bits per heavy atom. The van der Waals surface area contributed by atoms with E-state index in [2.05, 4.69) is 18.4 Å². The van der Waals surface area contributed by atoms with Gasteiger partial charge in [-0.3, -0.25) is 9.59 Å². The zero-order valence-electron chi connectivity index (χ0n) is 22.6. The van der Waals surface area contributed by atoms with Gasteiger partial charge in [0.05, 0.1) is 6.54 Å². The van der Waals surface area contributed by atoms with Gasteiger partial charge in [0.15, 0.2) is 0 Å². The molecule has 1 aromatic heterocycles. The summed E-state index contributed by atoms with van der Waals surface area (Å²) in [6, 6.07) is 21.5. The van der Waals surface area contributed by atoms with Crippen LogP contribution in [0.3, 0.4) is 0 Å². The summed E-state index contributed by atoms with van der Waals surface area (Å²) >= 11 is 6.39. The molecule has 3 aromatic rings. The molecule has 0 spiro atoms. The first-order valence-electron chi connectivity index (χ1n) is 13.0. The van der Waals surface area contributed by atoms with E-state index in [1.54, 1.807) is 18.1 Å². The summed E-state index contributed by atoms with van der Waals surface area (Å²) in [6.45, 7) is 6.82. The topological polar surface area (TPSA) is 54.8 Å². The average Bonchev–Trinajstić information content (AvgIpc) is 3.34. The number of benzene rings is 2. The van der Waals surface area contributed by atoms with Crippen LogP contribution in [0, 0.1) is 5.92 Å². The van der Waals surface area contributed by atoms with Gasteiger partial charge >= 0.3 is 0 Å². The predicted molar refractivity (Wildman–Crippen MR) is 154 cm³/mol. The van der Waals surface area contributed by atoms with Crippen molar-refractivity contribution in [1.82, 2.24) is 14.4 Å². The van der Waals surface area contributed by atoms with Crippen molar-refractivity contribution in [2.75, 3.05) is 33.4 Å². The summed E-state index contributed by atoms with van der Waals surface area (Å²) < 4.78 is 7.30. The highest BCUT2D eigenvalue weighted by molar-refractivity contribution is 6.31. The summed E-state index contributed by atoms with van der Waals surface area (Å²) in [5.74, 6) is 0.00881. The number of carbonyl (C=O) groups excluding carboxylic acids is 2. The van der Waals surface area contributed by atoms with Crippen LogP contribution in [-0.4, -0.2) is 59.5 Å². The van der Waals surface area contributed by atoms with Crippen molar-refractivity contribution in [3.8, 4) is 0 Å². The predicted octanol–water partition coefficient (Wildman–Crippen LogP) is 5.75. The van der Waals surface area contributed by atoms with Gasteiger partial charge in [0.2, 0.25) is 11.8 Å². The Bertz CT molecular complexity index is 1190. The lowest BCUT2D eigenvalue weighted by Crippen LogP contribution is -2.44. The number of rotatable bonds is 14. The third kappa shape index (κ3) is 9.19. The minimum absolute atomic E-state index is 0.0135. The van der Waals surface area contributed by atoms with E-state index in [1.165, 1.54) is 6.08 Å². The molecular weight excluding hydrogens is 498 g/mol. The molecular formula is C31H38ClN3O3. The normalized spacial score (nSPS) is 11.3. The van der Waals surface area contributed by atoms with Crippen molar-refractivity contribution in [3.63, 3.8) is 0 Å². The summed E-state index contributed by atoms with van der Waals surface area (Å²) in [5, 5.41) is 0.719. The second-order valence-corrected chi connectivity index (χ2v) is 10.1. The third-order valence-corrected chi connectivity index (χ3v) is 6.51. The Morgan fingerprint density at radius 1 is 1.00 bits per heavy atom. The smallest absolute Gasteiger partial charge is 0.247 e. The van der Waals surface area contributed by atoms with Gasteiger partial charge < -0.3 is 19.1 Å². The van der Waals surface area contributed by atoms with E-state index in [0.29, 0.717) is 39.2 Å². The number of halogens is 1. The van der Waals surface area contributed by atoms with Crippen molar-refractivity contribution in [3.05, 3.63) is 101 Å². The van der Waals surface area contributed by atoms with Gasteiger partial charge in [-0.1, -0.05) is 74.0 Å². The molecule has 0 bridgehead atoms. The molecule has 0 atom stereocenters. The second kappa shape index (κ2) is 15.2. The summed E-state index contributed by atoms with van der Waals surface area (Å²) in [5.41, 5.74) is 2.97. The molecule has 0 radical (unpaired) electrons. The Morgan fingerprint density at radius 2 is 1.74 bits per heavy atom. The Hall–Kier alpha value is -3.35. The van der Waals surface area contributed by atoms with Crippen LogP contribution >= 0.6 is 11.6 Å². The van der Waals surface area contributed by atoms with E-state index >= 15 is 0 Å². The van der Waals surface area contributed by atoms with Crippen LogP contribution in [0.1, 0.15) is 37.1 Å². The van der Waals surface area contributed by atoms with E-state index in [0.717, 1.165) is 21.8 Å². The number of hydrogen-bond donors (Lipinski definition) is 0. The Labute approximate surface area is 231 Å². The first-order valence-corrected chi connectivity index (χ1v) is 13.4. The highest BCUT2D eigenvalue weighted by atomic mass is 35.5. The lowest BCUT2D eigenvalue weighted by molar-refractivity contribution is -0.139. The lowest BCUT2D eigenvalue weighted by Gasteiger charge is -2.29. The Balaban J connectivity index is 1.74. The van der Waals surface area contributed by atoms with Crippen molar-refractivity contribution in [2.24, 2.45) is 5.92 Å². The molecule has 2 amide bonds. The molecule has 0 unspecified atom stereocenters. The maximum absolute atomic E-state index is 13.6. The van der Waals surface area contributed by atoms with Crippen LogP contribution in [0.4, 0.5) is 0 Å². The minimum atomic E-state index is -0.190. The highest BCUT2D eigenvalue weighted by Crippen LogP contribution is 2.19. The molecule has 7 heteroatoms. The fourth-order valence-electron chi connectivity index (χ4n) is 4.22. The molecule has 38 heavy (non-hydrogen) atoms. The fraction of sp³-hybridized carbons (Fsp3) is 0.355. The zero-order chi connectivity index (χ0) is 27.3. The SMILES string of the molecule is COCCCN(CC(=O)N(Cc1cccn1Cc1ccccc1Cl)CC(C)C)C(=O)/C=C/c1ccccc1. The number of hydrogen-bond acceptors (Lipinski definition) is 3. The molecule has 0 aliphatic heterocycles. The maximum atomic E-state index is 13.6. The van der Waals surface area contributed by atoms with Crippen LogP contribution < -0.4 is 0 Å². The van der Waals surface area contributed by atoms with Crippen LogP contribution in [-0.2, 0) is 27.4 Å². The molecule has 0 N–H and O–H groups in total. The fourth-order valence-corrected chi connectivity index (χ4v) is 4.41. The molecule has 202 valence electrons. The van der Waals surface area contributed by atoms with Gasteiger partial charge in [-0.2, -0.15) is 0 Å². The quantitative estimate of drug-likeness (QED) is 0.195. The number of methoxy groups -OCH3 is 1. The van der Waals surface area contributed by atoms with Crippen molar-refractivity contribution in [2.45, 2.75) is 33.4 Å². The number of nitrogens with zero attached hydrogens (tertiary/aromatic N) is 3. The largest absolute Gasteiger partial charge is 0.385 e. The van der Waals surface area contributed by atoms with Crippen molar-refractivity contribution in [1.29, 1.82) is 0 Å². The van der Waals surface area contributed by atoms with Crippen molar-refractivity contribution < 1.29 is 14.3 Å². The number of ether oxygens (including phenoxy) is 1. The van der Waals surface area contributed by atoms with Gasteiger partial charge in [0.1, 0.15) is 6.54 Å². The molecule has 1 heterocycles. The third-order valence-electron chi connectivity index (χ3n) is 6.15. The molecule has 0 aliphatic rings. The Kier molecular flexibility index (Phi) is 11.7. The van der Waals surface area contributed by atoms with E-state index in [9.17, 15) is 9.59 Å². The monoisotopic (exact) mass is 535 g/mol. The van der Waals surface area contributed by atoms with Gasteiger partial charge in [0.25, 0.3) is 0 Å². The number of amides is 2. The molecule has 2 aromatic carbocycles. The summed E-state index contributed by atoms with van der Waals surface area (Å²) in [6.07, 6.45) is 5.98. The summed E-state index contributed by atoms with van der Waals surface area (Å²) in [7, 11) is 1.63. The standard InChI is InChI=1S/C31H38ClN3O3/c1-25(2)21-35(23-28-14-9-18-33(28)22-27-13-7-8-15-29(27)32)31(37)24-34(19-10-20-38-3)30(36)17-16-26-11-5-4-6-12-26/h4-9,11-18,25H,10,19-24H2,1-3H3/b17-16+. The molecule has 0 saturated carbocycles. The summed E-state index contributed by atoms with van der Waals surface area (Å²) in [4.78, 5) is 30.2. The maximum Gasteiger partial charge on any atom is 0.247 e. The lowest BCUT2D eigenvalue weighted by atomic mass is 10.2. The van der Waals surface area contributed by atoms with Crippen LogP contribution in [0.15, 0.2) is 79.0 Å². The highest BCUT2D eigenvalue weighted by Gasteiger charge is 2.22. The molecule has 0 aliphatic carbocycles. The van der Waals surface area contributed by atoms with E-state index in [-0.39, 0.29) is 24.3 Å². The van der Waals surface area contributed by atoms with Gasteiger partial charge in [-0.15, -0.1) is 0 Å². The van der Waals surface area contributed by atoms with Gasteiger partial charge in [-0.05, 0) is 47.7 Å². The molecule has 0 saturated heterocycles. The number of carbonyl (C=O) groups is 2. The van der Waals surface area contributed by atoms with Crippen molar-refractivity contribution >= 4 is 29.5 Å².